The number of hydrogen-bond donors (Lipinski definition) is 0. The predicted octanol–water partition coefficient (Wildman–Crippen LogP) is 5.29. The second kappa shape index (κ2) is 8.38. The molecule has 0 radical (unpaired) electrons. The number of halogens is 2. The Morgan fingerprint density at radius 2 is 1.89 bits per heavy atom. The van der Waals surface area contributed by atoms with Gasteiger partial charge < -0.3 is 9.47 Å². The maximum Gasteiger partial charge on any atom is 0.254 e. The number of carbonyl (C=O) groups excluding carboxylic acids is 1. The van der Waals surface area contributed by atoms with Crippen molar-refractivity contribution in [1.82, 2.24) is 14.5 Å². The fourth-order valence-corrected chi connectivity index (χ4v) is 3.58. The van der Waals surface area contributed by atoms with Gasteiger partial charge in [-0.3, -0.25) is 4.79 Å². The van der Waals surface area contributed by atoms with Crippen molar-refractivity contribution in [3.05, 3.63) is 87.9 Å². The molecule has 3 aromatic rings. The van der Waals surface area contributed by atoms with Crippen molar-refractivity contribution in [3.63, 3.8) is 0 Å². The van der Waals surface area contributed by atoms with Crippen molar-refractivity contribution in [3.8, 4) is 0 Å². The summed E-state index contributed by atoms with van der Waals surface area (Å²) in [6, 6.07) is 14.9. The van der Waals surface area contributed by atoms with Crippen molar-refractivity contribution in [2.75, 3.05) is 6.54 Å². The first-order valence-corrected chi connectivity index (χ1v) is 10.1. The molecule has 4 nitrogen and oxygen atoms in total. The van der Waals surface area contributed by atoms with Gasteiger partial charge in [-0.05, 0) is 60.7 Å². The van der Waals surface area contributed by atoms with Crippen molar-refractivity contribution in [2.45, 2.75) is 25.9 Å². The predicted molar refractivity (Wildman–Crippen MR) is 112 cm³/mol. The fourth-order valence-electron chi connectivity index (χ4n) is 3.24. The molecular formula is C22H21Cl2N3O. The van der Waals surface area contributed by atoms with Gasteiger partial charge in [-0.25, -0.2) is 4.98 Å². The van der Waals surface area contributed by atoms with E-state index in [4.69, 9.17) is 23.2 Å². The van der Waals surface area contributed by atoms with Crippen LogP contribution in [0.3, 0.4) is 0 Å². The number of rotatable bonds is 7. The lowest BCUT2D eigenvalue weighted by molar-refractivity contribution is 0.0729. The number of nitrogens with zero attached hydrogens (tertiary/aromatic N) is 3. The highest BCUT2D eigenvalue weighted by Crippen LogP contribution is 2.30. The molecule has 1 fully saturated rings. The van der Waals surface area contributed by atoms with Crippen LogP contribution in [0, 0.1) is 5.92 Å². The van der Waals surface area contributed by atoms with E-state index in [0.717, 1.165) is 17.9 Å². The molecule has 0 unspecified atom stereocenters. The van der Waals surface area contributed by atoms with E-state index in [1.165, 1.54) is 12.8 Å². The molecule has 1 aliphatic rings. The lowest BCUT2D eigenvalue weighted by Gasteiger charge is -2.23. The molecule has 1 aromatic heterocycles. The molecule has 0 saturated heterocycles. The number of benzene rings is 2. The van der Waals surface area contributed by atoms with E-state index in [2.05, 4.69) is 9.55 Å². The summed E-state index contributed by atoms with van der Waals surface area (Å²) in [5.74, 6) is 1.47. The number of hydrogen-bond acceptors (Lipinski definition) is 2. The maximum atomic E-state index is 13.1. The van der Waals surface area contributed by atoms with Crippen LogP contribution < -0.4 is 0 Å². The van der Waals surface area contributed by atoms with Gasteiger partial charge in [0.1, 0.15) is 5.82 Å². The topological polar surface area (TPSA) is 38.1 Å². The molecule has 1 amide bonds. The first kappa shape index (κ1) is 19.0. The van der Waals surface area contributed by atoms with Crippen molar-refractivity contribution in [2.24, 2.45) is 5.92 Å². The monoisotopic (exact) mass is 413 g/mol. The van der Waals surface area contributed by atoms with Gasteiger partial charge in [-0.15, -0.1) is 0 Å². The molecule has 2 aromatic carbocycles. The van der Waals surface area contributed by atoms with E-state index >= 15 is 0 Å². The summed E-state index contributed by atoms with van der Waals surface area (Å²) in [6.45, 7) is 1.90. The Balaban J connectivity index is 1.53. The molecule has 28 heavy (non-hydrogen) atoms. The molecule has 144 valence electrons. The molecule has 0 aliphatic heterocycles. The van der Waals surface area contributed by atoms with E-state index in [0.29, 0.717) is 34.6 Å². The van der Waals surface area contributed by atoms with Crippen LogP contribution in [-0.2, 0) is 13.1 Å². The molecule has 0 N–H and O–H groups in total. The molecule has 0 atom stereocenters. The number of amides is 1. The van der Waals surface area contributed by atoms with Crippen LogP contribution in [0.15, 0.2) is 60.9 Å². The van der Waals surface area contributed by atoms with Gasteiger partial charge >= 0.3 is 0 Å². The smallest absolute Gasteiger partial charge is 0.254 e. The Hall–Kier alpha value is -2.30. The van der Waals surface area contributed by atoms with Crippen molar-refractivity contribution < 1.29 is 4.79 Å². The van der Waals surface area contributed by atoms with Gasteiger partial charge in [0.15, 0.2) is 0 Å². The molecular weight excluding hydrogens is 393 g/mol. The summed E-state index contributed by atoms with van der Waals surface area (Å²) in [5, 5.41) is 1.34. The van der Waals surface area contributed by atoms with Gasteiger partial charge in [0, 0.05) is 41.1 Å². The number of imidazole rings is 1. The van der Waals surface area contributed by atoms with Gasteiger partial charge in [0.05, 0.1) is 6.54 Å². The summed E-state index contributed by atoms with van der Waals surface area (Å²) in [4.78, 5) is 19.5. The zero-order chi connectivity index (χ0) is 19.5. The van der Waals surface area contributed by atoms with Crippen molar-refractivity contribution in [1.29, 1.82) is 0 Å². The maximum absolute atomic E-state index is 13.1. The second-order valence-electron chi connectivity index (χ2n) is 7.24. The summed E-state index contributed by atoms with van der Waals surface area (Å²) in [7, 11) is 0. The van der Waals surface area contributed by atoms with Crippen LogP contribution in [0.4, 0.5) is 0 Å². The van der Waals surface area contributed by atoms with Gasteiger partial charge in [-0.1, -0.05) is 35.3 Å². The van der Waals surface area contributed by atoms with Gasteiger partial charge in [0.2, 0.25) is 0 Å². The van der Waals surface area contributed by atoms with Crippen LogP contribution in [0.25, 0.3) is 0 Å². The minimum atomic E-state index is 0.0147. The molecule has 6 heteroatoms. The van der Waals surface area contributed by atoms with E-state index in [-0.39, 0.29) is 5.91 Å². The van der Waals surface area contributed by atoms with E-state index < -0.39 is 0 Å². The van der Waals surface area contributed by atoms with Crippen LogP contribution in [0.5, 0.6) is 0 Å². The lowest BCUT2D eigenvalue weighted by atomic mass is 10.2. The van der Waals surface area contributed by atoms with Crippen LogP contribution >= 0.6 is 23.2 Å². The van der Waals surface area contributed by atoms with Crippen molar-refractivity contribution >= 4 is 29.1 Å². The highest BCUT2D eigenvalue weighted by atomic mass is 35.5. The standard InChI is InChI=1S/C22H21Cl2N3O/c23-19-8-6-18(7-9-19)22(28)27(13-16-4-5-16)15-21-25-10-11-26(21)14-17-2-1-3-20(24)12-17/h1-3,6-12,16H,4-5,13-15H2. The number of carbonyl (C=O) groups is 1. The highest BCUT2D eigenvalue weighted by molar-refractivity contribution is 6.30. The Labute approximate surface area is 174 Å². The molecule has 4 rings (SSSR count). The Bertz CT molecular complexity index is 964. The zero-order valence-electron chi connectivity index (χ0n) is 15.4. The van der Waals surface area contributed by atoms with Crippen LogP contribution in [0.1, 0.15) is 34.6 Å². The summed E-state index contributed by atoms with van der Waals surface area (Å²) >= 11 is 12.1. The Kier molecular flexibility index (Phi) is 5.69. The molecule has 1 heterocycles. The average Bonchev–Trinajstić information content (AvgIpc) is 3.40. The summed E-state index contributed by atoms with van der Waals surface area (Å²) < 4.78 is 2.07. The average molecular weight is 414 g/mol. The van der Waals surface area contributed by atoms with Crippen LogP contribution in [-0.4, -0.2) is 26.9 Å². The third-order valence-corrected chi connectivity index (χ3v) is 5.42. The number of aromatic nitrogens is 2. The highest BCUT2D eigenvalue weighted by Gasteiger charge is 2.28. The molecule has 1 saturated carbocycles. The minimum Gasteiger partial charge on any atom is -0.331 e. The quantitative estimate of drug-likeness (QED) is 0.527. The summed E-state index contributed by atoms with van der Waals surface area (Å²) in [6.07, 6.45) is 6.09. The van der Waals surface area contributed by atoms with E-state index in [9.17, 15) is 4.79 Å². The normalized spacial score (nSPS) is 13.5. The second-order valence-corrected chi connectivity index (χ2v) is 8.11. The van der Waals surface area contributed by atoms with Gasteiger partial charge in [-0.2, -0.15) is 0 Å². The molecule has 1 aliphatic carbocycles. The first-order valence-electron chi connectivity index (χ1n) is 9.38. The lowest BCUT2D eigenvalue weighted by Crippen LogP contribution is -2.33. The Morgan fingerprint density at radius 3 is 2.61 bits per heavy atom. The van der Waals surface area contributed by atoms with E-state index in [1.54, 1.807) is 30.5 Å². The van der Waals surface area contributed by atoms with Crippen LogP contribution in [0.2, 0.25) is 10.0 Å². The zero-order valence-corrected chi connectivity index (χ0v) is 16.9. The molecule has 0 spiro atoms. The minimum absolute atomic E-state index is 0.0147. The third-order valence-electron chi connectivity index (χ3n) is 4.93. The Morgan fingerprint density at radius 1 is 1.11 bits per heavy atom. The first-order chi connectivity index (χ1) is 13.6. The molecule has 0 bridgehead atoms. The summed E-state index contributed by atoms with van der Waals surface area (Å²) in [5.41, 5.74) is 1.75. The SMILES string of the molecule is O=C(c1ccc(Cl)cc1)N(Cc1nccn1Cc1cccc(Cl)c1)CC1CC1. The fraction of sp³-hybridized carbons (Fsp3) is 0.273. The van der Waals surface area contributed by atoms with Gasteiger partial charge in [0.25, 0.3) is 5.91 Å². The van der Waals surface area contributed by atoms with E-state index in [1.807, 2.05) is 35.4 Å². The largest absolute Gasteiger partial charge is 0.331 e. The third kappa shape index (κ3) is 4.75.